The molecule has 2 aliphatic heterocycles. The van der Waals surface area contributed by atoms with Gasteiger partial charge in [0.25, 0.3) is 0 Å². The maximum absolute atomic E-state index is 6.02. The summed E-state index contributed by atoms with van der Waals surface area (Å²) in [5.41, 5.74) is 6.02. The van der Waals surface area contributed by atoms with Gasteiger partial charge in [0.15, 0.2) is 0 Å². The predicted molar refractivity (Wildman–Crippen MR) is 51.0 cm³/mol. The van der Waals surface area contributed by atoms with Crippen molar-refractivity contribution in [2.24, 2.45) is 5.73 Å². The molecule has 2 rings (SSSR count). The Kier molecular flexibility index (Phi) is 2.37. The number of nitrogens with two attached hydrogens (primary N) is 1. The smallest absolute Gasteiger partial charge is 0.0113 e. The summed E-state index contributed by atoms with van der Waals surface area (Å²) in [6.07, 6.45) is 6.68. The fourth-order valence-corrected chi connectivity index (χ4v) is 3.04. The molecule has 0 saturated carbocycles. The van der Waals surface area contributed by atoms with Crippen LogP contribution in [-0.2, 0) is 0 Å². The molecule has 2 N–H and O–H groups in total. The lowest BCUT2D eigenvalue weighted by Crippen LogP contribution is -2.54. The van der Waals surface area contributed by atoms with E-state index >= 15 is 0 Å². The molecule has 2 saturated heterocycles. The number of nitrogens with zero attached hydrogens (tertiary/aromatic N) is 1. The van der Waals surface area contributed by atoms with Gasteiger partial charge in [-0.05, 0) is 32.2 Å². The summed E-state index contributed by atoms with van der Waals surface area (Å²) in [4.78, 5) is 2.67. The number of hydrogen-bond acceptors (Lipinski definition) is 2. The van der Waals surface area contributed by atoms with Gasteiger partial charge in [-0.3, -0.25) is 4.90 Å². The van der Waals surface area contributed by atoms with Crippen molar-refractivity contribution in [1.29, 1.82) is 0 Å². The highest BCUT2D eigenvalue weighted by molar-refractivity contribution is 4.93. The molecule has 2 bridgehead atoms. The monoisotopic (exact) mass is 168 g/mol. The molecule has 2 fully saturated rings. The second-order valence-corrected chi connectivity index (χ2v) is 4.30. The standard InChI is InChI=1S/C10H20N2/c1-2-12-9-4-3-5-10(12)7-8(11)6-9/h8-10H,2-7,11H2,1H3/t8?,9-,10+. The van der Waals surface area contributed by atoms with Crippen LogP contribution < -0.4 is 5.73 Å². The Morgan fingerprint density at radius 1 is 1.25 bits per heavy atom. The van der Waals surface area contributed by atoms with E-state index in [2.05, 4.69) is 11.8 Å². The Balaban J connectivity index is 2.06. The van der Waals surface area contributed by atoms with Gasteiger partial charge in [0.1, 0.15) is 0 Å². The zero-order chi connectivity index (χ0) is 8.55. The highest BCUT2D eigenvalue weighted by atomic mass is 15.2. The van der Waals surface area contributed by atoms with Crippen LogP contribution in [0.2, 0.25) is 0 Å². The maximum atomic E-state index is 6.02. The van der Waals surface area contributed by atoms with Gasteiger partial charge in [0.05, 0.1) is 0 Å². The molecule has 2 heteroatoms. The van der Waals surface area contributed by atoms with Crippen LogP contribution >= 0.6 is 0 Å². The van der Waals surface area contributed by atoms with Crippen molar-refractivity contribution in [3.05, 3.63) is 0 Å². The van der Waals surface area contributed by atoms with Crippen molar-refractivity contribution in [3.8, 4) is 0 Å². The van der Waals surface area contributed by atoms with Crippen LogP contribution in [-0.4, -0.2) is 29.6 Å². The van der Waals surface area contributed by atoms with Gasteiger partial charge in [-0.1, -0.05) is 13.3 Å². The largest absolute Gasteiger partial charge is 0.328 e. The summed E-state index contributed by atoms with van der Waals surface area (Å²) < 4.78 is 0. The van der Waals surface area contributed by atoms with E-state index in [0.29, 0.717) is 6.04 Å². The Morgan fingerprint density at radius 3 is 2.33 bits per heavy atom. The molecule has 0 aromatic carbocycles. The van der Waals surface area contributed by atoms with Crippen LogP contribution in [0.15, 0.2) is 0 Å². The first-order chi connectivity index (χ1) is 5.81. The summed E-state index contributed by atoms with van der Waals surface area (Å²) in [7, 11) is 0. The minimum atomic E-state index is 0.489. The average Bonchev–Trinajstić information content (AvgIpc) is 2.02. The lowest BCUT2D eigenvalue weighted by Gasteiger charge is -2.47. The van der Waals surface area contributed by atoms with Crippen molar-refractivity contribution in [2.45, 2.75) is 57.2 Å². The number of hydrogen-bond donors (Lipinski definition) is 1. The molecule has 0 aliphatic carbocycles. The Hall–Kier alpha value is -0.0800. The van der Waals surface area contributed by atoms with Crippen LogP contribution in [0.5, 0.6) is 0 Å². The highest BCUT2D eigenvalue weighted by Gasteiger charge is 2.35. The van der Waals surface area contributed by atoms with Crippen LogP contribution in [0.1, 0.15) is 39.0 Å². The Bertz CT molecular complexity index is 144. The van der Waals surface area contributed by atoms with E-state index in [1.807, 2.05) is 0 Å². The molecule has 3 atom stereocenters. The molecule has 2 aliphatic rings. The third-order valence-corrected chi connectivity index (χ3v) is 3.53. The van der Waals surface area contributed by atoms with E-state index in [0.717, 1.165) is 12.1 Å². The summed E-state index contributed by atoms with van der Waals surface area (Å²) in [5.74, 6) is 0. The highest BCUT2D eigenvalue weighted by Crippen LogP contribution is 2.32. The summed E-state index contributed by atoms with van der Waals surface area (Å²) in [5, 5.41) is 0. The third kappa shape index (κ3) is 1.38. The van der Waals surface area contributed by atoms with Gasteiger partial charge < -0.3 is 5.73 Å². The van der Waals surface area contributed by atoms with Crippen molar-refractivity contribution < 1.29 is 0 Å². The van der Waals surface area contributed by atoms with Gasteiger partial charge >= 0.3 is 0 Å². The molecule has 0 aromatic heterocycles. The maximum Gasteiger partial charge on any atom is 0.0113 e. The molecule has 1 unspecified atom stereocenters. The summed E-state index contributed by atoms with van der Waals surface area (Å²) in [6.45, 7) is 3.50. The predicted octanol–water partition coefficient (Wildman–Crippen LogP) is 1.35. The topological polar surface area (TPSA) is 29.3 Å². The van der Waals surface area contributed by atoms with Crippen molar-refractivity contribution >= 4 is 0 Å². The zero-order valence-electron chi connectivity index (χ0n) is 8.00. The van der Waals surface area contributed by atoms with E-state index in [1.165, 1.54) is 38.6 Å². The Labute approximate surface area is 75.1 Å². The zero-order valence-corrected chi connectivity index (χ0v) is 8.00. The first kappa shape index (κ1) is 8.52. The van der Waals surface area contributed by atoms with Gasteiger partial charge in [0.2, 0.25) is 0 Å². The normalized spacial score (nSPS) is 43.0. The van der Waals surface area contributed by atoms with Crippen LogP contribution in [0.3, 0.4) is 0 Å². The van der Waals surface area contributed by atoms with Gasteiger partial charge in [-0.25, -0.2) is 0 Å². The minimum absolute atomic E-state index is 0.489. The lowest BCUT2D eigenvalue weighted by molar-refractivity contribution is 0.0367. The SMILES string of the molecule is CCN1[C@@H]2CCC[C@H]1CC(N)C2. The first-order valence-corrected chi connectivity index (χ1v) is 5.32. The second kappa shape index (κ2) is 3.35. The molecule has 0 spiro atoms. The number of piperidine rings is 2. The third-order valence-electron chi connectivity index (χ3n) is 3.53. The van der Waals surface area contributed by atoms with E-state index in [9.17, 15) is 0 Å². The van der Waals surface area contributed by atoms with E-state index < -0.39 is 0 Å². The van der Waals surface area contributed by atoms with E-state index in [-0.39, 0.29) is 0 Å². The van der Waals surface area contributed by atoms with Crippen molar-refractivity contribution in [2.75, 3.05) is 6.54 Å². The fraction of sp³-hybridized carbons (Fsp3) is 1.00. The number of fused-ring (bicyclic) bond motifs is 2. The first-order valence-electron chi connectivity index (χ1n) is 5.32. The molecular formula is C10H20N2. The van der Waals surface area contributed by atoms with Gasteiger partial charge in [-0.2, -0.15) is 0 Å². The molecule has 0 radical (unpaired) electrons. The van der Waals surface area contributed by atoms with Crippen LogP contribution in [0, 0.1) is 0 Å². The minimum Gasteiger partial charge on any atom is -0.328 e. The molecule has 2 heterocycles. The van der Waals surface area contributed by atoms with Crippen molar-refractivity contribution in [3.63, 3.8) is 0 Å². The van der Waals surface area contributed by atoms with Crippen LogP contribution in [0.25, 0.3) is 0 Å². The Morgan fingerprint density at radius 2 is 1.83 bits per heavy atom. The summed E-state index contributed by atoms with van der Waals surface area (Å²) in [6, 6.07) is 2.12. The molecule has 0 aromatic rings. The second-order valence-electron chi connectivity index (χ2n) is 4.30. The lowest BCUT2D eigenvalue weighted by atomic mass is 9.82. The average molecular weight is 168 g/mol. The molecular weight excluding hydrogens is 148 g/mol. The molecule has 0 amide bonds. The van der Waals surface area contributed by atoms with Gasteiger partial charge in [-0.15, -0.1) is 0 Å². The fourth-order valence-electron chi connectivity index (χ4n) is 3.04. The van der Waals surface area contributed by atoms with Gasteiger partial charge in [0, 0.05) is 18.1 Å². The quantitative estimate of drug-likeness (QED) is 0.640. The summed E-state index contributed by atoms with van der Waals surface area (Å²) >= 11 is 0. The number of rotatable bonds is 1. The van der Waals surface area contributed by atoms with Crippen LogP contribution in [0.4, 0.5) is 0 Å². The van der Waals surface area contributed by atoms with E-state index in [1.54, 1.807) is 0 Å². The van der Waals surface area contributed by atoms with E-state index in [4.69, 9.17) is 5.73 Å². The van der Waals surface area contributed by atoms with Crippen molar-refractivity contribution in [1.82, 2.24) is 4.90 Å². The molecule has 70 valence electrons. The molecule has 12 heavy (non-hydrogen) atoms. The molecule has 2 nitrogen and oxygen atoms in total.